The summed E-state index contributed by atoms with van der Waals surface area (Å²) in [5, 5.41) is 24.4. The van der Waals surface area contributed by atoms with Crippen molar-refractivity contribution in [3.63, 3.8) is 0 Å². The van der Waals surface area contributed by atoms with E-state index in [-0.39, 0.29) is 5.69 Å². The number of hydrogen-bond donors (Lipinski definition) is 2. The SMILES string of the molecule is CCSC1CCC1(O)CNc1ccc([N+](=O)[O-])cc1. The summed E-state index contributed by atoms with van der Waals surface area (Å²) < 4.78 is 0. The van der Waals surface area contributed by atoms with Gasteiger partial charge in [0.05, 0.1) is 10.5 Å². The molecule has 0 radical (unpaired) electrons. The second-order valence-corrected chi connectivity index (χ2v) is 6.22. The third kappa shape index (κ3) is 3.19. The van der Waals surface area contributed by atoms with Crippen LogP contribution in [0.25, 0.3) is 0 Å². The highest BCUT2D eigenvalue weighted by Gasteiger charge is 2.44. The number of anilines is 1. The number of nitro groups is 1. The summed E-state index contributed by atoms with van der Waals surface area (Å²) in [4.78, 5) is 10.1. The number of benzene rings is 1. The Bertz CT molecular complexity index is 452. The van der Waals surface area contributed by atoms with Crippen LogP contribution in [0.3, 0.4) is 0 Å². The van der Waals surface area contributed by atoms with Gasteiger partial charge in [-0.05, 0) is 30.7 Å². The second-order valence-electron chi connectivity index (χ2n) is 4.74. The minimum atomic E-state index is -0.650. The average Bonchev–Trinajstić information content (AvgIpc) is 2.41. The van der Waals surface area contributed by atoms with E-state index in [1.807, 2.05) is 0 Å². The Morgan fingerprint density at radius 2 is 2.21 bits per heavy atom. The Morgan fingerprint density at radius 1 is 1.53 bits per heavy atom. The normalized spacial score (nSPS) is 25.7. The molecule has 0 heterocycles. The highest BCUT2D eigenvalue weighted by atomic mass is 32.2. The lowest BCUT2D eigenvalue weighted by Crippen LogP contribution is -2.54. The molecule has 1 saturated carbocycles. The number of nitrogens with one attached hydrogen (secondary N) is 1. The summed E-state index contributed by atoms with van der Waals surface area (Å²) in [6, 6.07) is 6.26. The van der Waals surface area contributed by atoms with Crippen molar-refractivity contribution in [2.45, 2.75) is 30.6 Å². The summed E-state index contributed by atoms with van der Waals surface area (Å²) in [7, 11) is 0. The summed E-state index contributed by atoms with van der Waals surface area (Å²) in [5.41, 5.74) is 0.223. The second kappa shape index (κ2) is 5.79. The van der Waals surface area contributed by atoms with Crippen molar-refractivity contribution in [3.8, 4) is 0 Å². The molecule has 0 saturated heterocycles. The maximum absolute atomic E-state index is 10.5. The van der Waals surface area contributed by atoms with Gasteiger partial charge in [0.1, 0.15) is 0 Å². The van der Waals surface area contributed by atoms with E-state index in [0.717, 1.165) is 24.3 Å². The zero-order valence-electron chi connectivity index (χ0n) is 10.8. The molecular formula is C13H18N2O3S. The smallest absolute Gasteiger partial charge is 0.269 e. The lowest BCUT2D eigenvalue weighted by atomic mass is 9.79. The van der Waals surface area contributed by atoms with Gasteiger partial charge in [-0.25, -0.2) is 0 Å². The molecule has 19 heavy (non-hydrogen) atoms. The molecule has 0 bridgehead atoms. The number of nitrogens with zero attached hydrogens (tertiary/aromatic N) is 1. The van der Waals surface area contributed by atoms with Gasteiger partial charge in [-0.2, -0.15) is 11.8 Å². The lowest BCUT2D eigenvalue weighted by Gasteiger charge is -2.45. The molecule has 2 atom stereocenters. The molecule has 1 aliphatic carbocycles. The van der Waals surface area contributed by atoms with Crippen LogP contribution in [0, 0.1) is 10.1 Å². The minimum absolute atomic E-state index is 0.0762. The molecule has 2 unspecified atom stereocenters. The van der Waals surface area contributed by atoms with Crippen molar-refractivity contribution in [2.24, 2.45) is 0 Å². The predicted octanol–water partition coefficient (Wildman–Crippen LogP) is 2.65. The number of nitro benzene ring substituents is 1. The van der Waals surface area contributed by atoms with Crippen molar-refractivity contribution in [3.05, 3.63) is 34.4 Å². The molecule has 2 rings (SSSR count). The Morgan fingerprint density at radius 3 is 2.68 bits per heavy atom. The van der Waals surface area contributed by atoms with Crippen LogP contribution < -0.4 is 5.32 Å². The van der Waals surface area contributed by atoms with Crippen molar-refractivity contribution in [1.82, 2.24) is 0 Å². The molecule has 6 heteroatoms. The van der Waals surface area contributed by atoms with E-state index < -0.39 is 10.5 Å². The third-order valence-corrected chi connectivity index (χ3v) is 4.89. The zero-order chi connectivity index (χ0) is 13.9. The van der Waals surface area contributed by atoms with Crippen molar-refractivity contribution in [2.75, 3.05) is 17.6 Å². The standard InChI is InChI=1S/C13H18N2O3S/c1-2-19-12-7-8-13(12,16)9-14-10-3-5-11(6-4-10)15(17)18/h3-6,12,14,16H,2,7-9H2,1H3. The van der Waals surface area contributed by atoms with Crippen molar-refractivity contribution < 1.29 is 10.0 Å². The van der Waals surface area contributed by atoms with Gasteiger partial charge in [0.25, 0.3) is 5.69 Å². The van der Waals surface area contributed by atoms with E-state index in [2.05, 4.69) is 12.2 Å². The van der Waals surface area contributed by atoms with E-state index in [4.69, 9.17) is 0 Å². The maximum Gasteiger partial charge on any atom is 0.269 e. The first kappa shape index (κ1) is 14.1. The van der Waals surface area contributed by atoms with Crippen molar-refractivity contribution >= 4 is 23.1 Å². The lowest BCUT2D eigenvalue weighted by molar-refractivity contribution is -0.384. The van der Waals surface area contributed by atoms with Crippen LogP contribution in [0.4, 0.5) is 11.4 Å². The summed E-state index contributed by atoms with van der Waals surface area (Å²) in [5.74, 6) is 1.00. The van der Waals surface area contributed by atoms with E-state index in [1.54, 1.807) is 23.9 Å². The Kier molecular flexibility index (Phi) is 4.31. The summed E-state index contributed by atoms with van der Waals surface area (Å²) >= 11 is 1.79. The Hall–Kier alpha value is -1.27. The molecule has 1 aliphatic rings. The molecule has 0 aliphatic heterocycles. The number of aliphatic hydroxyl groups is 1. The first-order chi connectivity index (χ1) is 9.05. The molecule has 0 aromatic heterocycles. The van der Waals surface area contributed by atoms with Crippen LogP contribution in [0.2, 0.25) is 0 Å². The van der Waals surface area contributed by atoms with Gasteiger partial charge in [-0.15, -0.1) is 0 Å². The fourth-order valence-corrected chi connectivity index (χ4v) is 3.39. The quantitative estimate of drug-likeness (QED) is 0.619. The first-order valence-corrected chi connectivity index (χ1v) is 7.42. The van der Waals surface area contributed by atoms with E-state index in [0.29, 0.717) is 11.8 Å². The zero-order valence-corrected chi connectivity index (χ0v) is 11.7. The first-order valence-electron chi connectivity index (χ1n) is 6.37. The molecule has 0 spiro atoms. The van der Waals surface area contributed by atoms with Gasteiger partial charge in [0.2, 0.25) is 0 Å². The Balaban J connectivity index is 1.90. The van der Waals surface area contributed by atoms with E-state index in [1.165, 1.54) is 12.1 Å². The third-order valence-electron chi connectivity index (χ3n) is 3.48. The maximum atomic E-state index is 10.5. The largest absolute Gasteiger partial charge is 0.387 e. The van der Waals surface area contributed by atoms with Gasteiger partial charge in [0.15, 0.2) is 0 Å². The van der Waals surface area contributed by atoms with Crippen LogP contribution in [0.5, 0.6) is 0 Å². The van der Waals surface area contributed by atoms with Gasteiger partial charge in [-0.3, -0.25) is 10.1 Å². The number of non-ortho nitro benzene ring substituents is 1. The van der Waals surface area contributed by atoms with Crippen LogP contribution in [0.15, 0.2) is 24.3 Å². The number of thioether (sulfide) groups is 1. The molecule has 1 fully saturated rings. The molecule has 2 N–H and O–H groups in total. The molecule has 5 nitrogen and oxygen atoms in total. The molecular weight excluding hydrogens is 264 g/mol. The average molecular weight is 282 g/mol. The topological polar surface area (TPSA) is 75.4 Å². The van der Waals surface area contributed by atoms with Crippen LogP contribution >= 0.6 is 11.8 Å². The van der Waals surface area contributed by atoms with E-state index >= 15 is 0 Å². The fraction of sp³-hybridized carbons (Fsp3) is 0.538. The van der Waals surface area contributed by atoms with Gasteiger partial charge < -0.3 is 10.4 Å². The van der Waals surface area contributed by atoms with Crippen LogP contribution in [-0.4, -0.2) is 33.2 Å². The van der Waals surface area contributed by atoms with Gasteiger partial charge in [0, 0.05) is 29.6 Å². The van der Waals surface area contributed by atoms with Crippen molar-refractivity contribution in [1.29, 1.82) is 0 Å². The van der Waals surface area contributed by atoms with Gasteiger partial charge in [-0.1, -0.05) is 6.92 Å². The molecule has 1 aromatic rings. The molecule has 0 amide bonds. The highest BCUT2D eigenvalue weighted by molar-refractivity contribution is 8.00. The highest BCUT2D eigenvalue weighted by Crippen LogP contribution is 2.41. The summed E-state index contributed by atoms with van der Waals surface area (Å²) in [6.45, 7) is 2.58. The monoisotopic (exact) mass is 282 g/mol. The van der Waals surface area contributed by atoms with Crippen LogP contribution in [-0.2, 0) is 0 Å². The number of rotatable bonds is 6. The molecule has 104 valence electrons. The van der Waals surface area contributed by atoms with Crippen LogP contribution in [0.1, 0.15) is 19.8 Å². The number of hydrogen-bond acceptors (Lipinski definition) is 5. The predicted molar refractivity (Wildman–Crippen MR) is 77.7 cm³/mol. The fourth-order valence-electron chi connectivity index (χ4n) is 2.19. The minimum Gasteiger partial charge on any atom is -0.387 e. The Labute approximate surface area is 116 Å². The summed E-state index contributed by atoms with van der Waals surface area (Å²) in [6.07, 6.45) is 1.86. The molecule has 1 aromatic carbocycles. The van der Waals surface area contributed by atoms with Gasteiger partial charge >= 0.3 is 0 Å². The van der Waals surface area contributed by atoms with E-state index in [9.17, 15) is 15.2 Å².